The van der Waals surface area contributed by atoms with E-state index in [2.05, 4.69) is 33.9 Å². The van der Waals surface area contributed by atoms with Crippen LogP contribution in [0.5, 0.6) is 0 Å². The lowest BCUT2D eigenvalue weighted by Gasteiger charge is -2.41. The highest BCUT2D eigenvalue weighted by molar-refractivity contribution is 5.95. The van der Waals surface area contributed by atoms with Crippen LogP contribution in [-0.2, 0) is 0 Å². The van der Waals surface area contributed by atoms with Crippen LogP contribution in [-0.4, -0.2) is 34.1 Å². The molecule has 2 heterocycles. The maximum absolute atomic E-state index is 8.71. The van der Waals surface area contributed by atoms with Gasteiger partial charge in [0.25, 0.3) is 0 Å². The molecule has 110 valence electrons. The number of nitrogens with two attached hydrogens (primary N) is 1. The molecule has 2 rings (SSSR count). The Morgan fingerprint density at radius 1 is 1.40 bits per heavy atom. The summed E-state index contributed by atoms with van der Waals surface area (Å²) >= 11 is 0. The predicted molar refractivity (Wildman–Crippen MR) is 79.0 cm³/mol. The molecule has 1 aromatic rings. The average Bonchev–Trinajstić information content (AvgIpc) is 2.54. The van der Waals surface area contributed by atoms with Gasteiger partial charge in [-0.25, -0.2) is 9.97 Å². The number of oxime groups is 1. The highest BCUT2D eigenvalue weighted by Gasteiger charge is 2.32. The van der Waals surface area contributed by atoms with Gasteiger partial charge in [0, 0.05) is 19.3 Å². The topological polar surface area (TPSA) is 87.6 Å². The van der Waals surface area contributed by atoms with Crippen molar-refractivity contribution in [2.75, 3.05) is 18.0 Å². The molecule has 6 nitrogen and oxygen atoms in total. The number of aromatic nitrogens is 2. The number of piperidine rings is 1. The van der Waals surface area contributed by atoms with E-state index in [1.807, 2.05) is 0 Å². The molecule has 0 saturated carbocycles. The quantitative estimate of drug-likeness (QED) is 0.380. The van der Waals surface area contributed by atoms with Crippen molar-refractivity contribution in [3.63, 3.8) is 0 Å². The summed E-state index contributed by atoms with van der Waals surface area (Å²) in [5.41, 5.74) is 6.50. The van der Waals surface area contributed by atoms with E-state index in [4.69, 9.17) is 10.9 Å². The van der Waals surface area contributed by atoms with Gasteiger partial charge in [-0.2, -0.15) is 0 Å². The van der Waals surface area contributed by atoms with Crippen LogP contribution in [0, 0.1) is 5.41 Å². The van der Waals surface area contributed by atoms with Crippen LogP contribution in [0.3, 0.4) is 0 Å². The van der Waals surface area contributed by atoms with Crippen molar-refractivity contribution >= 4 is 11.8 Å². The minimum absolute atomic E-state index is 0.0159. The van der Waals surface area contributed by atoms with Crippen LogP contribution >= 0.6 is 0 Å². The Morgan fingerprint density at radius 2 is 2.05 bits per heavy atom. The molecule has 20 heavy (non-hydrogen) atoms. The minimum atomic E-state index is 0.0159. The van der Waals surface area contributed by atoms with Crippen molar-refractivity contribution in [1.29, 1.82) is 0 Å². The van der Waals surface area contributed by atoms with Crippen molar-refractivity contribution < 1.29 is 5.21 Å². The van der Waals surface area contributed by atoms with E-state index in [9.17, 15) is 0 Å². The summed E-state index contributed by atoms with van der Waals surface area (Å²) in [6.07, 6.45) is 6.43. The minimum Gasteiger partial charge on any atom is -0.409 e. The third kappa shape index (κ3) is 2.84. The van der Waals surface area contributed by atoms with E-state index in [-0.39, 0.29) is 5.84 Å². The average molecular weight is 277 g/mol. The molecule has 1 fully saturated rings. The van der Waals surface area contributed by atoms with Gasteiger partial charge in [0.2, 0.25) is 5.95 Å². The second-order valence-corrected chi connectivity index (χ2v) is 5.42. The lowest BCUT2D eigenvalue weighted by Crippen LogP contribution is -2.40. The molecule has 0 radical (unpaired) electrons. The molecule has 6 heteroatoms. The first kappa shape index (κ1) is 14.6. The number of amidine groups is 1. The first-order valence-electron chi connectivity index (χ1n) is 7.20. The zero-order valence-corrected chi connectivity index (χ0v) is 12.2. The van der Waals surface area contributed by atoms with Gasteiger partial charge >= 0.3 is 0 Å². The van der Waals surface area contributed by atoms with Gasteiger partial charge in [-0.3, -0.25) is 0 Å². The maximum Gasteiger partial charge on any atom is 0.225 e. The second kappa shape index (κ2) is 6.07. The van der Waals surface area contributed by atoms with Crippen LogP contribution in [0.15, 0.2) is 17.4 Å². The fraction of sp³-hybridized carbons (Fsp3) is 0.643. The third-order valence-electron chi connectivity index (χ3n) is 4.62. The van der Waals surface area contributed by atoms with Crippen molar-refractivity contribution in [2.24, 2.45) is 16.3 Å². The maximum atomic E-state index is 8.71. The van der Waals surface area contributed by atoms with E-state index in [1.165, 1.54) is 12.8 Å². The van der Waals surface area contributed by atoms with E-state index in [1.54, 1.807) is 12.3 Å². The Bertz CT molecular complexity index is 474. The highest BCUT2D eigenvalue weighted by Crippen LogP contribution is 2.38. The molecule has 1 aliphatic rings. The smallest absolute Gasteiger partial charge is 0.225 e. The SMILES string of the molecule is CCC1(CC)CCN(c2nccc(/C(N)=N/O)n2)CC1. The van der Waals surface area contributed by atoms with Crippen LogP contribution in [0.2, 0.25) is 0 Å². The number of rotatable bonds is 4. The first-order chi connectivity index (χ1) is 9.64. The molecule has 1 saturated heterocycles. The second-order valence-electron chi connectivity index (χ2n) is 5.42. The summed E-state index contributed by atoms with van der Waals surface area (Å²) in [5.74, 6) is 0.678. The molecule has 0 atom stereocenters. The molecule has 0 spiro atoms. The van der Waals surface area contributed by atoms with Gasteiger partial charge in [-0.15, -0.1) is 0 Å². The van der Waals surface area contributed by atoms with Crippen molar-refractivity contribution in [3.05, 3.63) is 18.0 Å². The van der Waals surface area contributed by atoms with Crippen molar-refractivity contribution in [2.45, 2.75) is 39.5 Å². The fourth-order valence-corrected chi connectivity index (χ4v) is 2.83. The molecule has 1 aromatic heterocycles. The Balaban J connectivity index is 2.11. The number of anilines is 1. The molecule has 1 aliphatic heterocycles. The molecule has 0 bridgehead atoms. The fourth-order valence-electron chi connectivity index (χ4n) is 2.83. The lowest BCUT2D eigenvalue weighted by molar-refractivity contribution is 0.198. The van der Waals surface area contributed by atoms with Crippen molar-refractivity contribution in [3.8, 4) is 0 Å². The van der Waals surface area contributed by atoms with Gasteiger partial charge < -0.3 is 15.8 Å². The van der Waals surface area contributed by atoms with Gasteiger partial charge in [-0.05, 0) is 24.3 Å². The molecule has 0 amide bonds. The summed E-state index contributed by atoms with van der Waals surface area (Å²) in [6.45, 7) is 6.46. The lowest BCUT2D eigenvalue weighted by atomic mass is 9.74. The standard InChI is InChI=1S/C14H23N5O/c1-3-14(4-2)6-9-19(10-7-14)13-16-8-5-11(17-13)12(15)18-20/h5,8,20H,3-4,6-7,9-10H2,1-2H3,(H2,15,18). The van der Waals surface area contributed by atoms with Gasteiger partial charge in [0.15, 0.2) is 5.84 Å². The zero-order valence-electron chi connectivity index (χ0n) is 12.2. The largest absolute Gasteiger partial charge is 0.409 e. The Morgan fingerprint density at radius 3 is 2.60 bits per heavy atom. The number of nitrogens with zero attached hydrogens (tertiary/aromatic N) is 4. The van der Waals surface area contributed by atoms with Crippen LogP contribution < -0.4 is 10.6 Å². The first-order valence-corrected chi connectivity index (χ1v) is 7.20. The van der Waals surface area contributed by atoms with E-state index in [0.29, 0.717) is 17.1 Å². The van der Waals surface area contributed by atoms with Crippen molar-refractivity contribution in [1.82, 2.24) is 9.97 Å². The summed E-state index contributed by atoms with van der Waals surface area (Å²) in [5, 5.41) is 11.7. The highest BCUT2D eigenvalue weighted by atomic mass is 16.4. The molecule has 0 aliphatic carbocycles. The van der Waals surface area contributed by atoms with Crippen LogP contribution in [0.1, 0.15) is 45.2 Å². The summed E-state index contributed by atoms with van der Waals surface area (Å²) in [4.78, 5) is 10.8. The summed E-state index contributed by atoms with van der Waals surface area (Å²) in [6, 6.07) is 1.64. The molecule has 0 unspecified atom stereocenters. The Labute approximate surface area is 119 Å². The monoisotopic (exact) mass is 277 g/mol. The molecular formula is C14H23N5O. The van der Waals surface area contributed by atoms with Gasteiger partial charge in [0.05, 0.1) is 0 Å². The van der Waals surface area contributed by atoms with E-state index in [0.717, 1.165) is 25.9 Å². The predicted octanol–water partition coefficient (Wildman–Crippen LogP) is 1.98. The molecule has 0 aromatic carbocycles. The number of hydrogen-bond acceptors (Lipinski definition) is 5. The Hall–Kier alpha value is -1.85. The van der Waals surface area contributed by atoms with Gasteiger partial charge in [-0.1, -0.05) is 31.8 Å². The van der Waals surface area contributed by atoms with E-state index >= 15 is 0 Å². The summed E-state index contributed by atoms with van der Waals surface area (Å²) < 4.78 is 0. The zero-order chi connectivity index (χ0) is 14.6. The molecule has 3 N–H and O–H groups in total. The summed E-state index contributed by atoms with van der Waals surface area (Å²) in [7, 11) is 0. The number of hydrogen-bond donors (Lipinski definition) is 2. The van der Waals surface area contributed by atoms with E-state index < -0.39 is 0 Å². The third-order valence-corrected chi connectivity index (χ3v) is 4.62. The van der Waals surface area contributed by atoms with Crippen LogP contribution in [0.25, 0.3) is 0 Å². The molecular weight excluding hydrogens is 254 g/mol. The van der Waals surface area contributed by atoms with Crippen LogP contribution in [0.4, 0.5) is 5.95 Å². The Kier molecular flexibility index (Phi) is 4.42. The van der Waals surface area contributed by atoms with Gasteiger partial charge in [0.1, 0.15) is 5.69 Å². The normalized spacial score (nSPS) is 19.1.